The molecule has 150 valence electrons. The third kappa shape index (κ3) is 4.33. The molecule has 1 saturated carbocycles. The fraction of sp³-hybridized carbons (Fsp3) is 0.750. The van der Waals surface area contributed by atoms with Gasteiger partial charge < -0.3 is 19.8 Å². The van der Waals surface area contributed by atoms with Crippen molar-refractivity contribution in [3.8, 4) is 0 Å². The monoisotopic (exact) mass is 390 g/mol. The van der Waals surface area contributed by atoms with Crippen LogP contribution in [0.15, 0.2) is 4.52 Å². The van der Waals surface area contributed by atoms with Gasteiger partial charge in [0.2, 0.25) is 5.89 Å². The maximum atomic E-state index is 13.0. The fourth-order valence-corrected chi connectivity index (χ4v) is 3.78. The topological polar surface area (TPSA) is 109 Å². The predicted molar refractivity (Wildman–Crippen MR) is 84.8 cm³/mol. The average molecular weight is 390 g/mol. The molecule has 2 N–H and O–H groups in total. The Labute approximate surface area is 153 Å². The maximum absolute atomic E-state index is 13.0. The molecule has 1 aliphatic carbocycles. The molecule has 2 aliphatic rings. The van der Waals surface area contributed by atoms with Crippen LogP contribution in [0.2, 0.25) is 0 Å². The van der Waals surface area contributed by atoms with E-state index in [1.54, 1.807) is 6.92 Å². The van der Waals surface area contributed by atoms with Gasteiger partial charge in [-0.05, 0) is 32.6 Å². The van der Waals surface area contributed by atoms with Crippen molar-refractivity contribution in [3.63, 3.8) is 0 Å². The Kier molecular flexibility index (Phi) is 5.29. The Hall–Kier alpha value is -2.33. The molecule has 8 nitrogen and oxygen atoms in total. The van der Waals surface area contributed by atoms with Crippen molar-refractivity contribution in [1.29, 1.82) is 0 Å². The number of nitrogens with one attached hydrogen (secondary N) is 1. The number of carboxylic acid groups (broad SMARTS) is 1. The summed E-state index contributed by atoms with van der Waals surface area (Å²) in [4.78, 5) is 28.6. The first-order valence-corrected chi connectivity index (χ1v) is 8.80. The number of halogens is 3. The van der Waals surface area contributed by atoms with Gasteiger partial charge in [-0.15, -0.1) is 0 Å². The van der Waals surface area contributed by atoms with E-state index in [9.17, 15) is 22.8 Å². The molecular formula is C16H21F3N4O4. The van der Waals surface area contributed by atoms with Crippen molar-refractivity contribution in [3.05, 3.63) is 11.7 Å². The highest BCUT2D eigenvalue weighted by Crippen LogP contribution is 2.38. The van der Waals surface area contributed by atoms with Gasteiger partial charge in [0.05, 0.1) is 11.8 Å². The minimum atomic E-state index is -4.65. The molecule has 1 aliphatic heterocycles. The van der Waals surface area contributed by atoms with Crippen molar-refractivity contribution in [2.24, 2.45) is 11.8 Å². The number of hydrogen-bond acceptors (Lipinski definition) is 5. The summed E-state index contributed by atoms with van der Waals surface area (Å²) >= 11 is 0. The smallest absolute Gasteiger partial charge is 0.394 e. The van der Waals surface area contributed by atoms with Crippen LogP contribution in [0, 0.1) is 18.8 Å². The molecule has 2 amide bonds. The van der Waals surface area contributed by atoms with Gasteiger partial charge in [0, 0.05) is 25.0 Å². The molecule has 2 heterocycles. The lowest BCUT2D eigenvalue weighted by molar-refractivity contribution is -0.187. The molecule has 11 heteroatoms. The highest BCUT2D eigenvalue weighted by molar-refractivity contribution is 5.78. The van der Waals surface area contributed by atoms with Gasteiger partial charge in [-0.2, -0.15) is 18.2 Å². The van der Waals surface area contributed by atoms with Gasteiger partial charge in [-0.3, -0.25) is 4.79 Å². The molecule has 0 bridgehead atoms. The zero-order chi connectivity index (χ0) is 19.8. The van der Waals surface area contributed by atoms with E-state index in [1.165, 1.54) is 0 Å². The minimum absolute atomic E-state index is 0.108. The summed E-state index contributed by atoms with van der Waals surface area (Å²) in [5.74, 6) is -3.99. The number of carboxylic acids is 1. The Morgan fingerprint density at radius 3 is 2.37 bits per heavy atom. The lowest BCUT2D eigenvalue weighted by Crippen LogP contribution is -2.45. The second-order valence-electron chi connectivity index (χ2n) is 7.18. The first-order chi connectivity index (χ1) is 12.6. The quantitative estimate of drug-likeness (QED) is 0.820. The maximum Gasteiger partial charge on any atom is 0.394 e. The molecule has 0 radical (unpaired) electrons. The van der Waals surface area contributed by atoms with E-state index in [0.717, 1.165) is 17.7 Å². The van der Waals surface area contributed by atoms with E-state index in [-0.39, 0.29) is 12.0 Å². The van der Waals surface area contributed by atoms with Crippen LogP contribution in [-0.4, -0.2) is 57.5 Å². The number of aromatic nitrogens is 2. The number of likely N-dealkylation sites (tertiary alicyclic amines) is 1. The largest absolute Gasteiger partial charge is 0.481 e. The van der Waals surface area contributed by atoms with E-state index >= 15 is 0 Å². The Bertz CT molecular complexity index is 700. The summed E-state index contributed by atoms with van der Waals surface area (Å²) in [6.45, 7) is 0.651. The number of nitrogens with zero attached hydrogens (tertiary/aromatic N) is 3. The SMILES string of the molecule is Cc1noc(C2CCC(NC(=O)N3C[C@@H](C(F)(F)F)[C@H](C(=O)O)C3)CC2)n1. The second-order valence-corrected chi connectivity index (χ2v) is 7.18. The molecule has 0 spiro atoms. The van der Waals surface area contributed by atoms with E-state index in [0.29, 0.717) is 24.6 Å². The van der Waals surface area contributed by atoms with Crippen molar-refractivity contribution in [1.82, 2.24) is 20.4 Å². The van der Waals surface area contributed by atoms with Gasteiger partial charge in [0.15, 0.2) is 5.82 Å². The summed E-state index contributed by atoms with van der Waals surface area (Å²) in [5.41, 5.74) is 0. The molecule has 1 saturated heterocycles. The highest BCUT2D eigenvalue weighted by atomic mass is 19.4. The van der Waals surface area contributed by atoms with E-state index < -0.39 is 43.1 Å². The van der Waals surface area contributed by atoms with Gasteiger partial charge in [0.25, 0.3) is 0 Å². The Balaban J connectivity index is 1.53. The number of urea groups is 1. The number of aryl methyl sites for hydroxylation is 1. The van der Waals surface area contributed by atoms with Crippen LogP contribution in [0.5, 0.6) is 0 Å². The molecule has 0 unspecified atom stereocenters. The van der Waals surface area contributed by atoms with E-state index in [1.807, 2.05) is 0 Å². The summed E-state index contributed by atoms with van der Waals surface area (Å²) < 4.78 is 44.3. The molecule has 1 aromatic rings. The molecule has 2 atom stereocenters. The molecule has 0 aromatic carbocycles. The van der Waals surface area contributed by atoms with E-state index in [4.69, 9.17) is 9.63 Å². The lowest BCUT2D eigenvalue weighted by Gasteiger charge is -2.29. The fourth-order valence-electron chi connectivity index (χ4n) is 3.78. The second kappa shape index (κ2) is 7.35. The van der Waals surface area contributed by atoms with Crippen LogP contribution in [0.3, 0.4) is 0 Å². The number of aliphatic carboxylic acids is 1. The molecule has 1 aromatic heterocycles. The highest BCUT2D eigenvalue weighted by Gasteiger charge is 2.53. The lowest BCUT2D eigenvalue weighted by atomic mass is 9.86. The predicted octanol–water partition coefficient (Wildman–Crippen LogP) is 2.31. The van der Waals surface area contributed by atoms with Gasteiger partial charge in [0.1, 0.15) is 0 Å². The van der Waals surface area contributed by atoms with Crippen molar-refractivity contribution in [2.75, 3.05) is 13.1 Å². The van der Waals surface area contributed by atoms with Crippen molar-refractivity contribution < 1.29 is 32.4 Å². The van der Waals surface area contributed by atoms with Crippen LogP contribution in [-0.2, 0) is 4.79 Å². The van der Waals surface area contributed by atoms with Crippen molar-refractivity contribution >= 4 is 12.0 Å². The van der Waals surface area contributed by atoms with Gasteiger partial charge in [-0.25, -0.2) is 4.79 Å². The third-order valence-corrected chi connectivity index (χ3v) is 5.29. The molecule has 2 fully saturated rings. The number of amides is 2. The van der Waals surface area contributed by atoms with Crippen LogP contribution in [0.4, 0.5) is 18.0 Å². The zero-order valence-corrected chi connectivity index (χ0v) is 14.7. The first-order valence-electron chi connectivity index (χ1n) is 8.80. The van der Waals surface area contributed by atoms with E-state index in [2.05, 4.69) is 15.5 Å². The number of hydrogen-bond donors (Lipinski definition) is 2. The molecule has 3 rings (SSSR count). The Morgan fingerprint density at radius 2 is 1.89 bits per heavy atom. The standard InChI is InChI=1S/C16H21F3N4O4/c1-8-20-13(27-22-8)9-2-4-10(5-3-9)21-15(26)23-6-11(14(24)25)12(7-23)16(17,18)19/h9-12H,2-7H2,1H3,(H,21,26)(H,24,25)/t9?,10?,11-,12-/m1/s1. The molecular weight excluding hydrogens is 369 g/mol. The van der Waals surface area contributed by atoms with Crippen LogP contribution in [0.1, 0.15) is 43.3 Å². The summed E-state index contributed by atoms with van der Waals surface area (Å²) in [7, 11) is 0. The van der Waals surface area contributed by atoms with Crippen LogP contribution < -0.4 is 5.32 Å². The van der Waals surface area contributed by atoms with Gasteiger partial charge in [-0.1, -0.05) is 5.16 Å². The average Bonchev–Trinajstić information content (AvgIpc) is 3.22. The van der Waals surface area contributed by atoms with Crippen LogP contribution in [0.25, 0.3) is 0 Å². The van der Waals surface area contributed by atoms with Crippen LogP contribution >= 0.6 is 0 Å². The van der Waals surface area contributed by atoms with Gasteiger partial charge >= 0.3 is 18.2 Å². The Morgan fingerprint density at radius 1 is 1.22 bits per heavy atom. The first kappa shape index (κ1) is 19.4. The van der Waals surface area contributed by atoms with Crippen molar-refractivity contribution in [2.45, 2.75) is 50.7 Å². The normalized spacial score (nSPS) is 29.0. The third-order valence-electron chi connectivity index (χ3n) is 5.29. The molecule has 27 heavy (non-hydrogen) atoms. The number of carbonyl (C=O) groups excluding carboxylic acids is 1. The minimum Gasteiger partial charge on any atom is -0.481 e. The zero-order valence-electron chi connectivity index (χ0n) is 14.7. The summed E-state index contributed by atoms with van der Waals surface area (Å²) in [5, 5.41) is 15.5. The summed E-state index contributed by atoms with van der Waals surface area (Å²) in [6.07, 6.45) is -1.95. The summed E-state index contributed by atoms with van der Waals surface area (Å²) in [6, 6.07) is -0.823. The number of alkyl halides is 3. The number of rotatable bonds is 3. The number of carbonyl (C=O) groups is 2.